The summed E-state index contributed by atoms with van der Waals surface area (Å²) in [5.74, 6) is 0.447. The molecular formula is C22H26ClN3OS2. The lowest BCUT2D eigenvalue weighted by atomic mass is 10.2. The van der Waals surface area contributed by atoms with Crippen LogP contribution in [-0.2, 0) is 4.79 Å². The summed E-state index contributed by atoms with van der Waals surface area (Å²) in [7, 11) is 0. The molecule has 0 saturated heterocycles. The van der Waals surface area contributed by atoms with Crippen LogP contribution in [0.3, 0.4) is 0 Å². The predicted octanol–water partition coefficient (Wildman–Crippen LogP) is 5.73. The number of likely N-dealkylation sites (N-methyl/N-ethyl adjacent to an activating group) is 1. The van der Waals surface area contributed by atoms with Crippen LogP contribution in [0.25, 0.3) is 10.2 Å². The number of benzene rings is 2. The van der Waals surface area contributed by atoms with Gasteiger partial charge in [0.25, 0.3) is 0 Å². The van der Waals surface area contributed by atoms with Gasteiger partial charge >= 0.3 is 0 Å². The number of aromatic nitrogens is 1. The first-order valence-electron chi connectivity index (χ1n) is 9.78. The van der Waals surface area contributed by atoms with Gasteiger partial charge in [-0.25, -0.2) is 4.98 Å². The Balaban J connectivity index is 1.78. The van der Waals surface area contributed by atoms with Gasteiger partial charge in [-0.1, -0.05) is 42.9 Å². The third-order valence-electron chi connectivity index (χ3n) is 4.77. The molecule has 29 heavy (non-hydrogen) atoms. The second kappa shape index (κ2) is 10.4. The highest BCUT2D eigenvalue weighted by atomic mass is 35.5. The number of fused-ring (bicyclic) bond motifs is 1. The highest BCUT2D eigenvalue weighted by Crippen LogP contribution is 2.30. The standard InChI is InChI=1S/C22H26ClN3OS2/c1-4-25(5-2)12-13-26(21(27)15-28-18-9-7-17(23)8-10-18)22-24-19-11-6-16(3)14-20(19)29-22/h6-11,14H,4-5,12-13,15H2,1-3H3. The molecule has 0 aliphatic rings. The summed E-state index contributed by atoms with van der Waals surface area (Å²) in [4.78, 5) is 23.1. The summed E-state index contributed by atoms with van der Waals surface area (Å²) in [5, 5.41) is 1.48. The number of anilines is 1. The molecule has 0 fully saturated rings. The van der Waals surface area contributed by atoms with Crippen LogP contribution in [0.5, 0.6) is 0 Å². The topological polar surface area (TPSA) is 36.4 Å². The van der Waals surface area contributed by atoms with Gasteiger partial charge in [0.15, 0.2) is 5.13 Å². The minimum absolute atomic E-state index is 0.0767. The summed E-state index contributed by atoms with van der Waals surface area (Å²) in [6.45, 7) is 9.78. The molecule has 3 rings (SSSR count). The number of amides is 1. The Morgan fingerprint density at radius 2 is 1.83 bits per heavy atom. The normalized spacial score (nSPS) is 11.3. The molecule has 4 nitrogen and oxygen atoms in total. The first-order chi connectivity index (χ1) is 14.0. The van der Waals surface area contributed by atoms with E-state index in [1.165, 1.54) is 17.3 Å². The fraction of sp³-hybridized carbons (Fsp3) is 0.364. The van der Waals surface area contributed by atoms with Crippen molar-refractivity contribution in [1.29, 1.82) is 0 Å². The lowest BCUT2D eigenvalue weighted by Gasteiger charge is -2.24. The predicted molar refractivity (Wildman–Crippen MR) is 127 cm³/mol. The van der Waals surface area contributed by atoms with E-state index in [-0.39, 0.29) is 5.91 Å². The summed E-state index contributed by atoms with van der Waals surface area (Å²) in [6, 6.07) is 13.8. The van der Waals surface area contributed by atoms with Gasteiger partial charge in [0.1, 0.15) is 0 Å². The molecule has 7 heteroatoms. The molecule has 0 spiro atoms. The highest BCUT2D eigenvalue weighted by molar-refractivity contribution is 8.00. The molecule has 1 amide bonds. The Hall–Kier alpha value is -1.60. The Morgan fingerprint density at radius 1 is 1.10 bits per heavy atom. The molecule has 0 atom stereocenters. The average molecular weight is 448 g/mol. The quantitative estimate of drug-likeness (QED) is 0.393. The second-order valence-electron chi connectivity index (χ2n) is 6.78. The molecule has 1 heterocycles. The fourth-order valence-electron chi connectivity index (χ4n) is 3.00. The van der Waals surface area contributed by atoms with Gasteiger partial charge in [0.05, 0.1) is 16.0 Å². The maximum atomic E-state index is 13.1. The number of carbonyl (C=O) groups excluding carboxylic acids is 1. The van der Waals surface area contributed by atoms with Crippen molar-refractivity contribution in [2.45, 2.75) is 25.7 Å². The molecular weight excluding hydrogens is 422 g/mol. The van der Waals surface area contributed by atoms with Gasteiger partial charge in [-0.3, -0.25) is 9.69 Å². The smallest absolute Gasteiger partial charge is 0.239 e. The molecule has 1 aromatic heterocycles. The number of nitrogens with zero attached hydrogens (tertiary/aromatic N) is 3. The van der Waals surface area contributed by atoms with Crippen molar-refractivity contribution in [3.63, 3.8) is 0 Å². The fourth-order valence-corrected chi connectivity index (χ4v) is 5.00. The number of thiazole rings is 1. The van der Waals surface area contributed by atoms with Crippen LogP contribution in [0.15, 0.2) is 47.4 Å². The van der Waals surface area contributed by atoms with E-state index in [9.17, 15) is 4.79 Å². The van der Waals surface area contributed by atoms with Crippen LogP contribution in [0.1, 0.15) is 19.4 Å². The van der Waals surface area contributed by atoms with Crippen LogP contribution in [-0.4, -0.2) is 47.7 Å². The Labute approximate surface area is 185 Å². The summed E-state index contributed by atoms with van der Waals surface area (Å²) >= 11 is 9.07. The molecule has 0 N–H and O–H groups in total. The van der Waals surface area contributed by atoms with Crippen molar-refractivity contribution in [2.24, 2.45) is 0 Å². The molecule has 0 radical (unpaired) electrons. The van der Waals surface area contributed by atoms with Crippen molar-refractivity contribution in [3.05, 3.63) is 53.1 Å². The van der Waals surface area contributed by atoms with Crippen molar-refractivity contribution >= 4 is 56.0 Å². The van der Waals surface area contributed by atoms with E-state index in [0.29, 0.717) is 17.3 Å². The average Bonchev–Trinajstić information content (AvgIpc) is 3.13. The largest absolute Gasteiger partial charge is 0.302 e. The summed E-state index contributed by atoms with van der Waals surface area (Å²) < 4.78 is 1.12. The van der Waals surface area contributed by atoms with Crippen molar-refractivity contribution in [3.8, 4) is 0 Å². The van der Waals surface area contributed by atoms with Crippen LogP contribution in [0, 0.1) is 6.92 Å². The van der Waals surface area contributed by atoms with E-state index in [2.05, 4.69) is 37.8 Å². The number of carbonyl (C=O) groups is 1. The zero-order chi connectivity index (χ0) is 20.8. The van der Waals surface area contributed by atoms with Gasteiger partial charge in [-0.15, -0.1) is 11.8 Å². The van der Waals surface area contributed by atoms with Crippen LogP contribution >= 0.6 is 34.7 Å². The summed E-state index contributed by atoms with van der Waals surface area (Å²) in [6.07, 6.45) is 0. The zero-order valence-corrected chi connectivity index (χ0v) is 19.4. The first kappa shape index (κ1) is 22.1. The van der Waals surface area contributed by atoms with Gasteiger partial charge in [-0.05, 0) is 62.0 Å². The van der Waals surface area contributed by atoms with Gasteiger partial charge in [-0.2, -0.15) is 0 Å². The van der Waals surface area contributed by atoms with Gasteiger partial charge in [0, 0.05) is 23.0 Å². The molecule has 0 aliphatic heterocycles. The third-order valence-corrected chi connectivity index (χ3v) is 7.06. The Bertz CT molecular complexity index is 954. The summed E-state index contributed by atoms with van der Waals surface area (Å²) in [5.41, 5.74) is 2.15. The van der Waals surface area contributed by atoms with E-state index < -0.39 is 0 Å². The number of halogens is 1. The zero-order valence-electron chi connectivity index (χ0n) is 17.0. The molecule has 154 valence electrons. The Morgan fingerprint density at radius 3 is 2.52 bits per heavy atom. The SMILES string of the molecule is CCN(CC)CCN(C(=O)CSc1ccc(Cl)cc1)c1nc2ccc(C)cc2s1. The van der Waals surface area contributed by atoms with Crippen molar-refractivity contribution in [2.75, 3.05) is 36.8 Å². The molecule has 3 aromatic rings. The first-order valence-corrected chi connectivity index (χ1v) is 12.0. The highest BCUT2D eigenvalue weighted by Gasteiger charge is 2.20. The molecule has 2 aromatic carbocycles. The monoisotopic (exact) mass is 447 g/mol. The molecule has 0 saturated carbocycles. The third kappa shape index (κ3) is 5.95. The minimum Gasteiger partial charge on any atom is -0.302 e. The number of rotatable bonds is 9. The number of thioether (sulfide) groups is 1. The number of hydrogen-bond donors (Lipinski definition) is 0. The molecule has 0 unspecified atom stereocenters. The lowest BCUT2D eigenvalue weighted by Crippen LogP contribution is -2.39. The van der Waals surface area contributed by atoms with E-state index in [1.54, 1.807) is 11.3 Å². The van der Waals surface area contributed by atoms with Gasteiger partial charge in [0.2, 0.25) is 5.91 Å². The minimum atomic E-state index is 0.0767. The van der Waals surface area contributed by atoms with Crippen LogP contribution in [0.4, 0.5) is 5.13 Å². The van der Waals surface area contributed by atoms with E-state index in [4.69, 9.17) is 16.6 Å². The number of hydrogen-bond acceptors (Lipinski definition) is 5. The number of aryl methyl sites for hydroxylation is 1. The van der Waals surface area contributed by atoms with E-state index in [1.807, 2.05) is 35.2 Å². The maximum Gasteiger partial charge on any atom is 0.239 e. The maximum absolute atomic E-state index is 13.1. The Kier molecular flexibility index (Phi) is 7.95. The molecule has 0 aliphatic carbocycles. The van der Waals surface area contributed by atoms with Crippen LogP contribution in [0.2, 0.25) is 5.02 Å². The van der Waals surface area contributed by atoms with Crippen molar-refractivity contribution < 1.29 is 4.79 Å². The van der Waals surface area contributed by atoms with Crippen LogP contribution < -0.4 is 4.90 Å². The van der Waals surface area contributed by atoms with E-state index >= 15 is 0 Å². The van der Waals surface area contributed by atoms with Crippen molar-refractivity contribution in [1.82, 2.24) is 9.88 Å². The lowest BCUT2D eigenvalue weighted by molar-refractivity contribution is -0.116. The van der Waals surface area contributed by atoms with E-state index in [0.717, 1.165) is 39.9 Å². The molecule has 0 bridgehead atoms. The second-order valence-corrected chi connectivity index (χ2v) is 9.28. The van der Waals surface area contributed by atoms with Gasteiger partial charge < -0.3 is 4.90 Å².